The van der Waals surface area contributed by atoms with Crippen LogP contribution in [0.3, 0.4) is 0 Å². The number of rotatable bonds is 5. The van der Waals surface area contributed by atoms with Gasteiger partial charge in [-0.25, -0.2) is 0 Å². The van der Waals surface area contributed by atoms with Crippen LogP contribution in [0, 0.1) is 0 Å². The van der Waals surface area contributed by atoms with Gasteiger partial charge in [-0.15, -0.1) is 0 Å². The predicted molar refractivity (Wildman–Crippen MR) is 90.2 cm³/mol. The minimum atomic E-state index is 0.169. The van der Waals surface area contributed by atoms with Gasteiger partial charge in [0, 0.05) is 0 Å². The molecule has 0 radical (unpaired) electrons. The van der Waals surface area contributed by atoms with E-state index >= 15 is 0 Å². The lowest BCUT2D eigenvalue weighted by molar-refractivity contribution is -0.128. The van der Waals surface area contributed by atoms with Crippen molar-refractivity contribution < 1.29 is 13.9 Å². The SMILES string of the molecule is CCOC=O.c1ccc(C(c2ccccc2)c2ccco2)cc1. The van der Waals surface area contributed by atoms with E-state index in [1.165, 1.54) is 11.1 Å². The molecular weight excluding hydrogens is 288 g/mol. The highest BCUT2D eigenvalue weighted by molar-refractivity contribution is 5.39. The maximum absolute atomic E-state index is 9.18. The summed E-state index contributed by atoms with van der Waals surface area (Å²) in [6.45, 7) is 2.66. The van der Waals surface area contributed by atoms with Gasteiger partial charge >= 0.3 is 0 Å². The fourth-order valence-corrected chi connectivity index (χ4v) is 2.34. The van der Waals surface area contributed by atoms with E-state index in [4.69, 9.17) is 4.42 Å². The van der Waals surface area contributed by atoms with Gasteiger partial charge in [0.1, 0.15) is 5.76 Å². The molecule has 118 valence electrons. The average Bonchev–Trinajstić information content (AvgIpc) is 3.13. The molecule has 0 atom stereocenters. The molecule has 0 aliphatic rings. The first-order valence-corrected chi connectivity index (χ1v) is 7.55. The van der Waals surface area contributed by atoms with Gasteiger partial charge < -0.3 is 9.15 Å². The fourth-order valence-electron chi connectivity index (χ4n) is 2.34. The molecule has 2 aromatic carbocycles. The van der Waals surface area contributed by atoms with E-state index in [0.717, 1.165) is 5.76 Å². The van der Waals surface area contributed by atoms with Gasteiger partial charge in [-0.1, -0.05) is 60.7 Å². The summed E-state index contributed by atoms with van der Waals surface area (Å²) < 4.78 is 9.76. The minimum absolute atomic E-state index is 0.169. The number of hydrogen-bond acceptors (Lipinski definition) is 3. The molecule has 0 bridgehead atoms. The van der Waals surface area contributed by atoms with Crippen LogP contribution in [0.15, 0.2) is 83.5 Å². The van der Waals surface area contributed by atoms with Crippen LogP contribution in [0.2, 0.25) is 0 Å². The predicted octanol–water partition coefficient (Wildman–Crippen LogP) is 4.64. The lowest BCUT2D eigenvalue weighted by Gasteiger charge is -2.15. The van der Waals surface area contributed by atoms with Gasteiger partial charge in [-0.05, 0) is 30.2 Å². The normalized spacial score (nSPS) is 9.83. The second kappa shape index (κ2) is 9.26. The molecule has 0 fully saturated rings. The van der Waals surface area contributed by atoms with Crippen LogP contribution in [0.25, 0.3) is 0 Å². The number of carbonyl (C=O) groups excluding carboxylic acids is 1. The van der Waals surface area contributed by atoms with Crippen molar-refractivity contribution in [2.24, 2.45) is 0 Å². The van der Waals surface area contributed by atoms with Crippen LogP contribution < -0.4 is 0 Å². The Kier molecular flexibility index (Phi) is 6.66. The lowest BCUT2D eigenvalue weighted by atomic mass is 9.89. The Labute approximate surface area is 136 Å². The fraction of sp³-hybridized carbons (Fsp3) is 0.150. The van der Waals surface area contributed by atoms with Gasteiger partial charge in [0.05, 0.1) is 18.8 Å². The topological polar surface area (TPSA) is 39.4 Å². The van der Waals surface area contributed by atoms with E-state index in [0.29, 0.717) is 13.1 Å². The summed E-state index contributed by atoms with van der Waals surface area (Å²) in [5.74, 6) is 1.15. The van der Waals surface area contributed by atoms with Crippen molar-refractivity contribution in [1.29, 1.82) is 0 Å². The molecule has 3 heteroatoms. The zero-order chi connectivity index (χ0) is 16.3. The summed E-state index contributed by atoms with van der Waals surface area (Å²) in [6.07, 6.45) is 1.73. The number of furan rings is 1. The third-order valence-electron chi connectivity index (χ3n) is 3.33. The molecule has 0 spiro atoms. The Morgan fingerprint density at radius 3 is 1.83 bits per heavy atom. The van der Waals surface area contributed by atoms with Crippen LogP contribution in [0.1, 0.15) is 29.7 Å². The second-order valence-corrected chi connectivity index (χ2v) is 4.82. The molecule has 0 aliphatic heterocycles. The highest BCUT2D eigenvalue weighted by Crippen LogP contribution is 2.31. The zero-order valence-corrected chi connectivity index (χ0v) is 13.1. The van der Waals surface area contributed by atoms with Crippen LogP contribution in [-0.2, 0) is 9.53 Å². The van der Waals surface area contributed by atoms with Crippen molar-refractivity contribution in [3.63, 3.8) is 0 Å². The Balaban J connectivity index is 0.000000338. The highest BCUT2D eigenvalue weighted by Gasteiger charge is 2.18. The number of ether oxygens (including phenoxy) is 1. The molecule has 3 rings (SSSR count). The number of benzene rings is 2. The van der Waals surface area contributed by atoms with Gasteiger partial charge in [0.2, 0.25) is 0 Å². The molecule has 0 saturated carbocycles. The maximum atomic E-state index is 9.18. The maximum Gasteiger partial charge on any atom is 0.293 e. The summed E-state index contributed by atoms with van der Waals surface area (Å²) in [7, 11) is 0. The van der Waals surface area contributed by atoms with Crippen molar-refractivity contribution in [2.45, 2.75) is 12.8 Å². The standard InChI is InChI=1S/C17H14O.C3H6O2/c1-3-8-14(9-4-1)17(16-12-7-13-18-16)15-10-5-2-6-11-15;1-2-5-3-4/h1-13,17H;3H,2H2,1H3. The monoisotopic (exact) mass is 308 g/mol. The van der Waals surface area contributed by atoms with Gasteiger partial charge in [-0.3, -0.25) is 4.79 Å². The minimum Gasteiger partial charge on any atom is -0.468 e. The molecule has 1 heterocycles. The summed E-state index contributed by atoms with van der Waals surface area (Å²) in [4.78, 5) is 9.18. The van der Waals surface area contributed by atoms with E-state index in [-0.39, 0.29) is 5.92 Å². The number of hydrogen-bond donors (Lipinski definition) is 0. The summed E-state index contributed by atoms with van der Waals surface area (Å²) in [6, 6.07) is 24.9. The molecule has 0 aliphatic carbocycles. The first-order chi connectivity index (χ1) is 11.4. The second-order valence-electron chi connectivity index (χ2n) is 4.82. The van der Waals surface area contributed by atoms with Crippen LogP contribution in [0.4, 0.5) is 0 Å². The van der Waals surface area contributed by atoms with Crippen molar-refractivity contribution in [3.05, 3.63) is 95.9 Å². The average molecular weight is 308 g/mol. The molecule has 0 amide bonds. The zero-order valence-electron chi connectivity index (χ0n) is 13.1. The largest absolute Gasteiger partial charge is 0.468 e. The molecule has 0 unspecified atom stereocenters. The van der Waals surface area contributed by atoms with E-state index in [1.54, 1.807) is 13.2 Å². The van der Waals surface area contributed by atoms with Crippen molar-refractivity contribution in [2.75, 3.05) is 6.61 Å². The Bertz CT molecular complexity index is 621. The van der Waals surface area contributed by atoms with E-state index < -0.39 is 0 Å². The molecule has 0 saturated heterocycles. The Morgan fingerprint density at radius 1 is 0.913 bits per heavy atom. The molecule has 0 N–H and O–H groups in total. The van der Waals surface area contributed by atoms with Crippen LogP contribution in [0.5, 0.6) is 0 Å². The van der Waals surface area contributed by atoms with Gasteiger partial charge in [0.25, 0.3) is 6.47 Å². The molecular formula is C20H20O3. The summed E-state index contributed by atoms with van der Waals surface area (Å²) >= 11 is 0. The van der Waals surface area contributed by atoms with Gasteiger partial charge in [-0.2, -0.15) is 0 Å². The molecule has 3 aromatic rings. The first kappa shape index (κ1) is 16.6. The lowest BCUT2D eigenvalue weighted by Crippen LogP contribution is -2.01. The Hall–Kier alpha value is -2.81. The highest BCUT2D eigenvalue weighted by atomic mass is 16.5. The van der Waals surface area contributed by atoms with Gasteiger partial charge in [0.15, 0.2) is 0 Å². The van der Waals surface area contributed by atoms with Crippen molar-refractivity contribution >= 4 is 6.47 Å². The van der Waals surface area contributed by atoms with E-state index in [2.05, 4.69) is 53.3 Å². The molecule has 23 heavy (non-hydrogen) atoms. The molecule has 1 aromatic heterocycles. The third-order valence-corrected chi connectivity index (χ3v) is 3.33. The first-order valence-electron chi connectivity index (χ1n) is 7.55. The van der Waals surface area contributed by atoms with Crippen LogP contribution in [-0.4, -0.2) is 13.1 Å². The smallest absolute Gasteiger partial charge is 0.293 e. The molecule has 3 nitrogen and oxygen atoms in total. The summed E-state index contributed by atoms with van der Waals surface area (Å²) in [5.41, 5.74) is 2.50. The number of carbonyl (C=O) groups is 1. The summed E-state index contributed by atoms with van der Waals surface area (Å²) in [5, 5.41) is 0. The van der Waals surface area contributed by atoms with E-state index in [1.807, 2.05) is 24.3 Å². The van der Waals surface area contributed by atoms with Crippen LogP contribution >= 0.6 is 0 Å². The van der Waals surface area contributed by atoms with Crippen molar-refractivity contribution in [3.8, 4) is 0 Å². The Morgan fingerprint density at radius 2 is 1.48 bits per heavy atom. The quantitative estimate of drug-likeness (QED) is 0.645. The third kappa shape index (κ3) is 4.85. The van der Waals surface area contributed by atoms with Crippen molar-refractivity contribution in [1.82, 2.24) is 0 Å². The van der Waals surface area contributed by atoms with E-state index in [9.17, 15) is 4.79 Å².